The van der Waals surface area contributed by atoms with E-state index in [1.165, 1.54) is 0 Å². The number of halogens is 1. The van der Waals surface area contributed by atoms with Gasteiger partial charge in [0.05, 0.1) is 0 Å². The number of carbonyl (C=O) groups is 1. The second-order valence-corrected chi connectivity index (χ2v) is 8.08. The van der Waals surface area contributed by atoms with Gasteiger partial charge in [-0.15, -0.1) is 0 Å². The van der Waals surface area contributed by atoms with Crippen LogP contribution in [0.15, 0.2) is 28.7 Å². The van der Waals surface area contributed by atoms with Gasteiger partial charge in [-0.2, -0.15) is 0 Å². The van der Waals surface area contributed by atoms with Crippen molar-refractivity contribution >= 4 is 27.7 Å². The van der Waals surface area contributed by atoms with E-state index in [2.05, 4.69) is 40.3 Å². The third-order valence-corrected chi connectivity index (χ3v) is 4.34. The second-order valence-electron chi connectivity index (χ2n) is 7.16. The van der Waals surface area contributed by atoms with E-state index in [1.807, 2.05) is 32.9 Å². The molecule has 0 spiro atoms. The monoisotopic (exact) mass is 368 g/mol. The lowest BCUT2D eigenvalue weighted by Crippen LogP contribution is -2.50. The van der Waals surface area contributed by atoms with Crippen LogP contribution in [0.3, 0.4) is 0 Å². The molecule has 1 aromatic rings. The first kappa shape index (κ1) is 17.1. The van der Waals surface area contributed by atoms with E-state index in [1.54, 1.807) is 4.90 Å². The Balaban J connectivity index is 1.90. The smallest absolute Gasteiger partial charge is 0.410 e. The van der Waals surface area contributed by atoms with Gasteiger partial charge < -0.3 is 15.0 Å². The number of amides is 1. The van der Waals surface area contributed by atoms with E-state index in [0.29, 0.717) is 0 Å². The molecule has 122 valence electrons. The third-order valence-electron chi connectivity index (χ3n) is 3.81. The summed E-state index contributed by atoms with van der Waals surface area (Å²) in [6, 6.07) is 8.19. The van der Waals surface area contributed by atoms with E-state index in [4.69, 9.17) is 4.74 Å². The van der Waals surface area contributed by atoms with Crippen molar-refractivity contribution < 1.29 is 9.53 Å². The Morgan fingerprint density at radius 1 is 1.23 bits per heavy atom. The largest absolute Gasteiger partial charge is 0.444 e. The molecule has 0 aromatic heterocycles. The molecule has 1 aliphatic heterocycles. The average molecular weight is 369 g/mol. The van der Waals surface area contributed by atoms with Crippen LogP contribution in [0.5, 0.6) is 0 Å². The fourth-order valence-electron chi connectivity index (χ4n) is 2.52. The maximum Gasteiger partial charge on any atom is 0.410 e. The van der Waals surface area contributed by atoms with Crippen molar-refractivity contribution in [2.75, 3.05) is 18.4 Å². The predicted molar refractivity (Wildman–Crippen MR) is 93.2 cm³/mol. The SMILES string of the molecule is CC1(Nc2ccc(Br)cc2)CCN(C(=O)OC(C)(C)C)CC1. The van der Waals surface area contributed by atoms with E-state index in [9.17, 15) is 4.79 Å². The summed E-state index contributed by atoms with van der Waals surface area (Å²) in [5.41, 5.74) is 0.677. The number of hydrogen-bond acceptors (Lipinski definition) is 3. The van der Waals surface area contributed by atoms with Crippen LogP contribution in [0.1, 0.15) is 40.5 Å². The Bertz CT molecular complexity index is 514. The molecule has 1 aromatic carbocycles. The summed E-state index contributed by atoms with van der Waals surface area (Å²) in [5, 5.41) is 3.59. The van der Waals surface area contributed by atoms with Gasteiger partial charge in [-0.3, -0.25) is 0 Å². The summed E-state index contributed by atoms with van der Waals surface area (Å²) in [5.74, 6) is 0. The van der Waals surface area contributed by atoms with Gasteiger partial charge in [0.2, 0.25) is 0 Å². The molecule has 1 fully saturated rings. The molecule has 0 atom stereocenters. The molecule has 22 heavy (non-hydrogen) atoms. The number of likely N-dealkylation sites (tertiary alicyclic amines) is 1. The Hall–Kier alpha value is -1.23. The molecule has 0 saturated carbocycles. The first-order valence-electron chi connectivity index (χ1n) is 7.69. The Kier molecular flexibility index (Phi) is 5.05. The normalized spacial score (nSPS) is 18.0. The molecular formula is C17H25BrN2O2. The number of nitrogens with one attached hydrogen (secondary N) is 1. The van der Waals surface area contributed by atoms with Crippen LogP contribution in [0, 0.1) is 0 Å². The molecule has 4 nitrogen and oxygen atoms in total. The predicted octanol–water partition coefficient (Wildman–Crippen LogP) is 4.65. The summed E-state index contributed by atoms with van der Waals surface area (Å²) in [4.78, 5) is 13.9. The topological polar surface area (TPSA) is 41.6 Å². The van der Waals surface area contributed by atoms with Crippen molar-refractivity contribution in [3.63, 3.8) is 0 Å². The van der Waals surface area contributed by atoms with Gasteiger partial charge in [-0.25, -0.2) is 4.79 Å². The van der Waals surface area contributed by atoms with Gasteiger partial charge in [-0.1, -0.05) is 15.9 Å². The second kappa shape index (κ2) is 6.49. The molecule has 5 heteroatoms. The molecule has 1 N–H and O–H groups in total. The minimum absolute atomic E-state index is 0.00629. The molecule has 0 radical (unpaired) electrons. The maximum absolute atomic E-state index is 12.1. The van der Waals surface area contributed by atoms with Crippen molar-refractivity contribution in [2.45, 2.75) is 51.7 Å². The maximum atomic E-state index is 12.1. The molecule has 1 amide bonds. The lowest BCUT2D eigenvalue weighted by atomic mass is 9.89. The highest BCUT2D eigenvalue weighted by Crippen LogP contribution is 2.28. The number of anilines is 1. The van der Waals surface area contributed by atoms with Crippen molar-refractivity contribution in [3.05, 3.63) is 28.7 Å². The fraction of sp³-hybridized carbons (Fsp3) is 0.588. The fourth-order valence-corrected chi connectivity index (χ4v) is 2.78. The Morgan fingerprint density at radius 2 is 1.77 bits per heavy atom. The Morgan fingerprint density at radius 3 is 2.27 bits per heavy atom. The van der Waals surface area contributed by atoms with Crippen LogP contribution in [0.25, 0.3) is 0 Å². The summed E-state index contributed by atoms with van der Waals surface area (Å²) >= 11 is 3.45. The highest BCUT2D eigenvalue weighted by molar-refractivity contribution is 9.10. The van der Waals surface area contributed by atoms with E-state index >= 15 is 0 Å². The zero-order valence-electron chi connectivity index (χ0n) is 13.8. The lowest BCUT2D eigenvalue weighted by molar-refractivity contribution is 0.0184. The summed E-state index contributed by atoms with van der Waals surface area (Å²) in [7, 11) is 0. The van der Waals surface area contributed by atoms with Crippen LogP contribution in [-0.2, 0) is 4.74 Å². The molecule has 2 rings (SSSR count). The molecule has 0 unspecified atom stereocenters. The van der Waals surface area contributed by atoms with Gasteiger partial charge in [-0.05, 0) is 64.8 Å². The number of rotatable bonds is 2. The lowest BCUT2D eigenvalue weighted by Gasteiger charge is -2.40. The molecule has 0 aliphatic carbocycles. The quantitative estimate of drug-likeness (QED) is 0.825. The summed E-state index contributed by atoms with van der Waals surface area (Å²) in [6.07, 6.45) is 1.60. The Labute approximate surface area is 141 Å². The zero-order valence-corrected chi connectivity index (χ0v) is 15.4. The number of piperidine rings is 1. The minimum Gasteiger partial charge on any atom is -0.444 e. The number of nitrogens with zero attached hydrogens (tertiary/aromatic N) is 1. The van der Waals surface area contributed by atoms with E-state index in [0.717, 1.165) is 36.1 Å². The van der Waals surface area contributed by atoms with Gasteiger partial charge in [0, 0.05) is 28.8 Å². The molecule has 1 aliphatic rings. The molecule has 1 heterocycles. The van der Waals surface area contributed by atoms with Crippen molar-refractivity contribution in [3.8, 4) is 0 Å². The van der Waals surface area contributed by atoms with Crippen LogP contribution >= 0.6 is 15.9 Å². The summed E-state index contributed by atoms with van der Waals surface area (Å²) in [6.45, 7) is 9.33. The van der Waals surface area contributed by atoms with Crippen LogP contribution in [0.4, 0.5) is 10.5 Å². The minimum atomic E-state index is -0.437. The molecular weight excluding hydrogens is 344 g/mol. The molecule has 0 bridgehead atoms. The van der Waals surface area contributed by atoms with Gasteiger partial charge in [0.25, 0.3) is 0 Å². The van der Waals surface area contributed by atoms with Gasteiger partial charge in [0.1, 0.15) is 5.60 Å². The van der Waals surface area contributed by atoms with Crippen LogP contribution in [-0.4, -0.2) is 35.2 Å². The van der Waals surface area contributed by atoms with E-state index < -0.39 is 5.60 Å². The van der Waals surface area contributed by atoms with Gasteiger partial charge in [0.15, 0.2) is 0 Å². The van der Waals surface area contributed by atoms with Crippen molar-refractivity contribution in [2.24, 2.45) is 0 Å². The number of carbonyl (C=O) groups excluding carboxylic acids is 1. The van der Waals surface area contributed by atoms with E-state index in [-0.39, 0.29) is 11.6 Å². The van der Waals surface area contributed by atoms with Crippen LogP contribution < -0.4 is 5.32 Å². The van der Waals surface area contributed by atoms with Crippen molar-refractivity contribution in [1.29, 1.82) is 0 Å². The van der Waals surface area contributed by atoms with Crippen molar-refractivity contribution in [1.82, 2.24) is 4.90 Å². The van der Waals surface area contributed by atoms with Crippen LogP contribution in [0.2, 0.25) is 0 Å². The number of benzene rings is 1. The first-order chi connectivity index (χ1) is 10.2. The number of ether oxygens (including phenoxy) is 1. The molecule has 1 saturated heterocycles. The highest BCUT2D eigenvalue weighted by Gasteiger charge is 2.33. The standard InChI is InChI=1S/C17H25BrN2O2/c1-16(2,3)22-15(21)20-11-9-17(4,10-12-20)19-14-7-5-13(18)6-8-14/h5-8,19H,9-12H2,1-4H3. The highest BCUT2D eigenvalue weighted by atomic mass is 79.9. The third kappa shape index (κ3) is 4.90. The zero-order chi connectivity index (χ0) is 16.4. The summed E-state index contributed by atoms with van der Waals surface area (Å²) < 4.78 is 6.51. The number of hydrogen-bond donors (Lipinski definition) is 1. The first-order valence-corrected chi connectivity index (χ1v) is 8.48. The average Bonchev–Trinajstić information content (AvgIpc) is 2.40. The van der Waals surface area contributed by atoms with Gasteiger partial charge >= 0.3 is 6.09 Å².